The molecule has 0 aliphatic carbocycles. The van der Waals surface area contributed by atoms with Crippen molar-refractivity contribution >= 4 is 51.0 Å². The highest BCUT2D eigenvalue weighted by molar-refractivity contribution is 9.10. The van der Waals surface area contributed by atoms with Crippen LogP contribution in [-0.2, 0) is 16.1 Å². The number of nitrogens with one attached hydrogen (secondary N) is 1. The highest BCUT2D eigenvalue weighted by Crippen LogP contribution is 2.30. The Balaban J connectivity index is 1.51. The Morgan fingerprint density at radius 2 is 1.56 bits per heavy atom. The molecule has 3 aromatic carbocycles. The van der Waals surface area contributed by atoms with Crippen LogP contribution in [0, 0.1) is 0 Å². The van der Waals surface area contributed by atoms with Crippen molar-refractivity contribution in [3.05, 3.63) is 93.5 Å². The van der Waals surface area contributed by atoms with Gasteiger partial charge in [-0.15, -0.1) is 0 Å². The van der Waals surface area contributed by atoms with Crippen LogP contribution in [0.1, 0.15) is 43.6 Å². The number of hydrogen-bond donors (Lipinski definition) is 1. The minimum Gasteiger partial charge on any atom is -0.457 e. The molecular weight excluding hydrogens is 476 g/mol. The van der Waals surface area contributed by atoms with Crippen LogP contribution in [0.3, 0.4) is 0 Å². The number of rotatable bonds is 5. The van der Waals surface area contributed by atoms with Crippen molar-refractivity contribution in [2.45, 2.75) is 13.5 Å². The number of esters is 1. The molecule has 4 rings (SSSR count). The zero-order chi connectivity index (χ0) is 22.8. The number of carbonyl (C=O) groups is 4. The molecule has 3 amide bonds. The largest absolute Gasteiger partial charge is 0.457 e. The number of imide groups is 1. The average Bonchev–Trinajstić information content (AvgIpc) is 3.03. The topological polar surface area (TPSA) is 92.8 Å². The fourth-order valence-corrected chi connectivity index (χ4v) is 3.58. The first-order valence-electron chi connectivity index (χ1n) is 9.65. The van der Waals surface area contributed by atoms with Gasteiger partial charge in [0.2, 0.25) is 5.91 Å². The minimum atomic E-state index is -0.589. The lowest BCUT2D eigenvalue weighted by atomic mass is 10.1. The van der Waals surface area contributed by atoms with Gasteiger partial charge in [-0.3, -0.25) is 14.4 Å². The first-order chi connectivity index (χ1) is 15.3. The van der Waals surface area contributed by atoms with Crippen LogP contribution < -0.4 is 10.2 Å². The first kappa shape index (κ1) is 21.5. The smallest absolute Gasteiger partial charge is 0.338 e. The van der Waals surface area contributed by atoms with E-state index in [-0.39, 0.29) is 29.2 Å². The molecule has 0 aromatic heterocycles. The summed E-state index contributed by atoms with van der Waals surface area (Å²) in [7, 11) is 0. The van der Waals surface area contributed by atoms with Gasteiger partial charge in [0.15, 0.2) is 0 Å². The fraction of sp³-hybridized carbons (Fsp3) is 0.0833. The number of nitrogens with zero attached hydrogens (tertiary/aromatic N) is 1. The zero-order valence-corrected chi connectivity index (χ0v) is 18.5. The van der Waals surface area contributed by atoms with Crippen LogP contribution in [-0.4, -0.2) is 23.7 Å². The van der Waals surface area contributed by atoms with E-state index in [1.54, 1.807) is 24.3 Å². The van der Waals surface area contributed by atoms with Crippen LogP contribution >= 0.6 is 15.9 Å². The third kappa shape index (κ3) is 4.31. The lowest BCUT2D eigenvalue weighted by Crippen LogP contribution is -2.29. The Kier molecular flexibility index (Phi) is 5.87. The maximum Gasteiger partial charge on any atom is 0.338 e. The van der Waals surface area contributed by atoms with Gasteiger partial charge < -0.3 is 10.1 Å². The zero-order valence-electron chi connectivity index (χ0n) is 16.9. The van der Waals surface area contributed by atoms with E-state index in [2.05, 4.69) is 21.2 Å². The lowest BCUT2D eigenvalue weighted by molar-refractivity contribution is -0.114. The molecule has 0 fully saturated rings. The highest BCUT2D eigenvalue weighted by atomic mass is 79.9. The van der Waals surface area contributed by atoms with Gasteiger partial charge in [0.05, 0.1) is 22.4 Å². The summed E-state index contributed by atoms with van der Waals surface area (Å²) in [5.74, 6) is -1.82. The van der Waals surface area contributed by atoms with E-state index >= 15 is 0 Å². The molecule has 0 saturated heterocycles. The lowest BCUT2D eigenvalue weighted by Gasteiger charge is -2.14. The molecule has 0 spiro atoms. The molecule has 0 radical (unpaired) electrons. The third-order valence-corrected chi connectivity index (χ3v) is 5.38. The van der Waals surface area contributed by atoms with Gasteiger partial charge >= 0.3 is 5.97 Å². The Labute approximate surface area is 192 Å². The molecule has 160 valence electrons. The number of carbonyl (C=O) groups excluding carboxylic acids is 4. The Morgan fingerprint density at radius 1 is 0.906 bits per heavy atom. The second-order valence-electron chi connectivity index (χ2n) is 7.14. The molecule has 0 unspecified atom stereocenters. The summed E-state index contributed by atoms with van der Waals surface area (Å²) in [4.78, 5) is 50.4. The van der Waals surface area contributed by atoms with Crippen LogP contribution in [0.15, 0.2) is 71.2 Å². The molecule has 1 aliphatic heterocycles. The summed E-state index contributed by atoms with van der Waals surface area (Å²) in [5, 5.41) is 2.63. The predicted molar refractivity (Wildman–Crippen MR) is 122 cm³/mol. The quantitative estimate of drug-likeness (QED) is 0.416. The summed E-state index contributed by atoms with van der Waals surface area (Å²) in [6.45, 7) is 1.47. The number of benzene rings is 3. The molecule has 1 aliphatic rings. The van der Waals surface area contributed by atoms with Gasteiger partial charge in [0, 0.05) is 17.1 Å². The van der Waals surface area contributed by atoms with E-state index in [4.69, 9.17) is 4.74 Å². The molecule has 1 N–H and O–H groups in total. The van der Waals surface area contributed by atoms with Crippen molar-refractivity contribution in [2.24, 2.45) is 0 Å². The molecule has 1 heterocycles. The van der Waals surface area contributed by atoms with E-state index in [1.807, 2.05) is 24.3 Å². The van der Waals surface area contributed by atoms with Crippen molar-refractivity contribution < 1.29 is 23.9 Å². The maximum atomic E-state index is 12.9. The van der Waals surface area contributed by atoms with E-state index in [1.165, 1.54) is 25.1 Å². The number of fused-ring (bicyclic) bond motifs is 1. The van der Waals surface area contributed by atoms with E-state index in [9.17, 15) is 19.2 Å². The predicted octanol–water partition coefficient (Wildman–Crippen LogP) is 4.57. The summed E-state index contributed by atoms with van der Waals surface area (Å²) >= 11 is 3.35. The molecule has 8 heteroatoms. The molecule has 3 aromatic rings. The van der Waals surface area contributed by atoms with Crippen LogP contribution in [0.5, 0.6) is 0 Å². The van der Waals surface area contributed by atoms with Crippen LogP contribution in [0.25, 0.3) is 0 Å². The second kappa shape index (κ2) is 8.76. The van der Waals surface area contributed by atoms with Crippen molar-refractivity contribution in [2.75, 3.05) is 10.2 Å². The van der Waals surface area contributed by atoms with Crippen LogP contribution in [0.2, 0.25) is 0 Å². The molecule has 0 atom stereocenters. The maximum absolute atomic E-state index is 12.9. The standard InChI is InChI=1S/C24H17BrN2O5/c1-14(28)26-18-7-9-19(10-8-18)27-22(29)20-11-4-16(12-21(20)23(27)30)24(31)32-13-15-2-5-17(25)6-3-15/h2-12H,13H2,1H3,(H,26,28). The first-order valence-corrected chi connectivity index (χ1v) is 10.4. The molecule has 32 heavy (non-hydrogen) atoms. The summed E-state index contributed by atoms with van der Waals surface area (Å²) in [6, 6.07) is 18.0. The number of amides is 3. The van der Waals surface area contributed by atoms with Gasteiger partial charge in [-0.2, -0.15) is 0 Å². The monoisotopic (exact) mass is 492 g/mol. The van der Waals surface area contributed by atoms with Gasteiger partial charge in [-0.25, -0.2) is 9.69 Å². The molecule has 0 saturated carbocycles. The van der Waals surface area contributed by atoms with Gasteiger partial charge in [-0.1, -0.05) is 28.1 Å². The van der Waals surface area contributed by atoms with Crippen molar-refractivity contribution in [3.8, 4) is 0 Å². The molecule has 7 nitrogen and oxygen atoms in total. The van der Waals surface area contributed by atoms with E-state index in [0.29, 0.717) is 11.4 Å². The Hall–Kier alpha value is -3.78. The number of anilines is 2. The summed E-state index contributed by atoms with van der Waals surface area (Å²) < 4.78 is 6.25. The Morgan fingerprint density at radius 3 is 2.22 bits per heavy atom. The number of halogens is 1. The van der Waals surface area contributed by atoms with E-state index < -0.39 is 17.8 Å². The fourth-order valence-electron chi connectivity index (χ4n) is 3.31. The van der Waals surface area contributed by atoms with Crippen molar-refractivity contribution in [3.63, 3.8) is 0 Å². The van der Waals surface area contributed by atoms with Crippen molar-refractivity contribution in [1.29, 1.82) is 0 Å². The molecular formula is C24H17BrN2O5. The SMILES string of the molecule is CC(=O)Nc1ccc(N2C(=O)c3ccc(C(=O)OCc4ccc(Br)cc4)cc3C2=O)cc1. The molecule has 0 bridgehead atoms. The second-order valence-corrected chi connectivity index (χ2v) is 8.05. The third-order valence-electron chi connectivity index (χ3n) is 4.85. The van der Waals surface area contributed by atoms with Gasteiger partial charge in [-0.05, 0) is 60.2 Å². The normalized spacial score (nSPS) is 12.5. The van der Waals surface area contributed by atoms with Crippen LogP contribution in [0.4, 0.5) is 11.4 Å². The summed E-state index contributed by atoms with van der Waals surface area (Å²) in [6.07, 6.45) is 0. The van der Waals surface area contributed by atoms with E-state index in [0.717, 1.165) is 14.9 Å². The Bertz CT molecular complexity index is 1240. The minimum absolute atomic E-state index is 0.0862. The highest BCUT2D eigenvalue weighted by Gasteiger charge is 2.37. The summed E-state index contributed by atoms with van der Waals surface area (Å²) in [5.41, 5.74) is 2.27. The van der Waals surface area contributed by atoms with Gasteiger partial charge in [0.25, 0.3) is 11.8 Å². The van der Waals surface area contributed by atoms with Crippen molar-refractivity contribution in [1.82, 2.24) is 0 Å². The number of ether oxygens (including phenoxy) is 1. The number of hydrogen-bond acceptors (Lipinski definition) is 5. The van der Waals surface area contributed by atoms with Gasteiger partial charge in [0.1, 0.15) is 6.61 Å². The average molecular weight is 493 g/mol.